The lowest BCUT2D eigenvalue weighted by molar-refractivity contribution is -0.0769. The monoisotopic (exact) mass is 245 g/mol. The van der Waals surface area contributed by atoms with Gasteiger partial charge in [-0.3, -0.25) is 4.90 Å². The van der Waals surface area contributed by atoms with Crippen LogP contribution in [0.3, 0.4) is 0 Å². The van der Waals surface area contributed by atoms with Crippen molar-refractivity contribution < 1.29 is 25.5 Å². The van der Waals surface area contributed by atoms with Crippen molar-refractivity contribution in [2.24, 2.45) is 0 Å². The van der Waals surface area contributed by atoms with Gasteiger partial charge in [0.2, 0.25) is 0 Å². The smallest absolute Gasteiger partial charge is 0.123 e. The standard InChI is InChI=1S/C8H19NO5.ClH/c10-3-1-9(2-4-11)5-8(14,6-12)7-13;/h10-14H,1-7H2;1H. The molecule has 0 fully saturated rings. The van der Waals surface area contributed by atoms with Crippen LogP contribution in [-0.2, 0) is 0 Å². The van der Waals surface area contributed by atoms with Gasteiger partial charge in [-0.1, -0.05) is 0 Å². The summed E-state index contributed by atoms with van der Waals surface area (Å²) in [5.74, 6) is 0. The summed E-state index contributed by atoms with van der Waals surface area (Å²) in [6.07, 6.45) is 0. The third kappa shape index (κ3) is 7.02. The van der Waals surface area contributed by atoms with E-state index in [0.717, 1.165) is 0 Å². The normalized spacial score (nSPS) is 11.6. The van der Waals surface area contributed by atoms with Crippen LogP contribution in [-0.4, -0.2) is 82.1 Å². The molecule has 7 heteroatoms. The van der Waals surface area contributed by atoms with Gasteiger partial charge in [0, 0.05) is 19.6 Å². The van der Waals surface area contributed by atoms with Crippen LogP contribution in [0.1, 0.15) is 0 Å². The second-order valence-corrected chi connectivity index (χ2v) is 3.26. The molecule has 5 N–H and O–H groups in total. The van der Waals surface area contributed by atoms with Gasteiger partial charge in [0.05, 0.1) is 26.4 Å². The first-order valence-corrected chi connectivity index (χ1v) is 4.50. The Balaban J connectivity index is 0. The van der Waals surface area contributed by atoms with Crippen LogP contribution in [0.15, 0.2) is 0 Å². The fraction of sp³-hybridized carbons (Fsp3) is 1.00. The molecule has 0 aromatic carbocycles. The zero-order valence-corrected chi connectivity index (χ0v) is 9.36. The molecule has 0 amide bonds. The van der Waals surface area contributed by atoms with Crippen LogP contribution in [0.2, 0.25) is 0 Å². The van der Waals surface area contributed by atoms with Crippen LogP contribution in [0.25, 0.3) is 0 Å². The summed E-state index contributed by atoms with van der Waals surface area (Å²) < 4.78 is 0. The summed E-state index contributed by atoms with van der Waals surface area (Å²) >= 11 is 0. The maximum atomic E-state index is 9.55. The van der Waals surface area contributed by atoms with E-state index >= 15 is 0 Å². The average Bonchev–Trinajstić information content (AvgIpc) is 2.18. The van der Waals surface area contributed by atoms with Gasteiger partial charge in [0.1, 0.15) is 5.60 Å². The Bertz CT molecular complexity index is 139. The summed E-state index contributed by atoms with van der Waals surface area (Å²) in [4.78, 5) is 1.56. The largest absolute Gasteiger partial charge is 0.395 e. The molecular formula is C8H20ClNO5. The first-order valence-electron chi connectivity index (χ1n) is 4.50. The van der Waals surface area contributed by atoms with Gasteiger partial charge in [0.25, 0.3) is 0 Å². The van der Waals surface area contributed by atoms with Gasteiger partial charge >= 0.3 is 0 Å². The molecule has 0 aliphatic rings. The van der Waals surface area contributed by atoms with Gasteiger partial charge in [-0.2, -0.15) is 0 Å². The molecule has 0 unspecified atom stereocenters. The van der Waals surface area contributed by atoms with E-state index in [-0.39, 0.29) is 45.3 Å². The molecule has 0 bridgehead atoms. The maximum absolute atomic E-state index is 9.55. The lowest BCUT2D eigenvalue weighted by atomic mass is 10.1. The lowest BCUT2D eigenvalue weighted by Gasteiger charge is -2.30. The zero-order chi connectivity index (χ0) is 11.0. The second-order valence-electron chi connectivity index (χ2n) is 3.26. The number of halogens is 1. The van der Waals surface area contributed by atoms with Crippen LogP contribution in [0.4, 0.5) is 0 Å². The molecule has 0 aromatic heterocycles. The quantitative estimate of drug-likeness (QED) is 0.322. The van der Waals surface area contributed by atoms with Gasteiger partial charge in [-0.15, -0.1) is 12.4 Å². The Hall–Kier alpha value is 0.0500. The molecule has 0 saturated carbocycles. The van der Waals surface area contributed by atoms with E-state index in [9.17, 15) is 5.11 Å². The van der Waals surface area contributed by atoms with Crippen molar-refractivity contribution in [1.82, 2.24) is 4.90 Å². The van der Waals surface area contributed by atoms with Crippen LogP contribution < -0.4 is 0 Å². The fourth-order valence-electron chi connectivity index (χ4n) is 1.12. The number of hydrogen-bond donors (Lipinski definition) is 5. The van der Waals surface area contributed by atoms with Crippen molar-refractivity contribution in [1.29, 1.82) is 0 Å². The van der Waals surface area contributed by atoms with Crippen molar-refractivity contribution in [3.05, 3.63) is 0 Å². The third-order valence-corrected chi connectivity index (χ3v) is 1.94. The molecule has 0 rings (SSSR count). The van der Waals surface area contributed by atoms with E-state index in [1.807, 2.05) is 0 Å². The van der Waals surface area contributed by atoms with E-state index in [1.165, 1.54) is 0 Å². The molecule has 0 aliphatic carbocycles. The van der Waals surface area contributed by atoms with Crippen molar-refractivity contribution in [3.63, 3.8) is 0 Å². The van der Waals surface area contributed by atoms with Crippen molar-refractivity contribution >= 4 is 12.4 Å². The molecule has 0 aromatic rings. The zero-order valence-electron chi connectivity index (χ0n) is 8.54. The molecule has 15 heavy (non-hydrogen) atoms. The number of aliphatic hydroxyl groups is 5. The van der Waals surface area contributed by atoms with Gasteiger partial charge in [0.15, 0.2) is 0 Å². The van der Waals surface area contributed by atoms with E-state index in [1.54, 1.807) is 4.90 Å². The Labute approximate surface area is 95.2 Å². The van der Waals surface area contributed by atoms with Crippen molar-refractivity contribution in [2.45, 2.75) is 5.60 Å². The van der Waals surface area contributed by atoms with Gasteiger partial charge in [-0.25, -0.2) is 0 Å². The first kappa shape index (κ1) is 17.4. The van der Waals surface area contributed by atoms with Crippen molar-refractivity contribution in [2.75, 3.05) is 46.1 Å². The Kier molecular flexibility index (Phi) is 10.8. The van der Waals surface area contributed by atoms with Crippen LogP contribution in [0, 0.1) is 0 Å². The first-order chi connectivity index (χ1) is 6.61. The molecule has 0 heterocycles. The Morgan fingerprint density at radius 1 is 0.867 bits per heavy atom. The summed E-state index contributed by atoms with van der Waals surface area (Å²) in [7, 11) is 0. The number of hydrogen-bond acceptors (Lipinski definition) is 6. The highest BCUT2D eigenvalue weighted by Crippen LogP contribution is 2.05. The van der Waals surface area contributed by atoms with Crippen LogP contribution in [0.5, 0.6) is 0 Å². The van der Waals surface area contributed by atoms with E-state index in [2.05, 4.69) is 0 Å². The SMILES string of the molecule is Cl.OCCN(CCO)CC(O)(CO)CO. The van der Waals surface area contributed by atoms with Crippen molar-refractivity contribution in [3.8, 4) is 0 Å². The highest BCUT2D eigenvalue weighted by atomic mass is 35.5. The predicted molar refractivity (Wildman–Crippen MR) is 57.0 cm³/mol. The lowest BCUT2D eigenvalue weighted by Crippen LogP contribution is -2.50. The number of aliphatic hydroxyl groups excluding tert-OH is 4. The minimum atomic E-state index is -1.58. The minimum absolute atomic E-state index is 0. The predicted octanol–water partition coefficient (Wildman–Crippen LogP) is -2.59. The maximum Gasteiger partial charge on any atom is 0.123 e. The molecule has 0 saturated heterocycles. The minimum Gasteiger partial charge on any atom is -0.395 e. The Morgan fingerprint density at radius 2 is 1.27 bits per heavy atom. The molecule has 0 atom stereocenters. The van der Waals surface area contributed by atoms with E-state index < -0.39 is 18.8 Å². The van der Waals surface area contributed by atoms with E-state index in [0.29, 0.717) is 0 Å². The van der Waals surface area contributed by atoms with Gasteiger partial charge in [-0.05, 0) is 0 Å². The summed E-state index contributed by atoms with van der Waals surface area (Å²) in [5.41, 5.74) is -1.58. The third-order valence-electron chi connectivity index (χ3n) is 1.94. The van der Waals surface area contributed by atoms with E-state index in [4.69, 9.17) is 20.4 Å². The number of rotatable bonds is 8. The van der Waals surface area contributed by atoms with Gasteiger partial charge < -0.3 is 25.5 Å². The molecule has 6 nitrogen and oxygen atoms in total. The summed E-state index contributed by atoms with van der Waals surface area (Å²) in [6, 6.07) is 0. The topological polar surface area (TPSA) is 104 Å². The molecule has 0 spiro atoms. The fourth-order valence-corrected chi connectivity index (χ4v) is 1.12. The highest BCUT2D eigenvalue weighted by molar-refractivity contribution is 5.85. The van der Waals surface area contributed by atoms with Crippen LogP contribution >= 0.6 is 12.4 Å². The molecule has 94 valence electrons. The molecular weight excluding hydrogens is 226 g/mol. The average molecular weight is 246 g/mol. The molecule has 0 radical (unpaired) electrons. The second kappa shape index (κ2) is 9.29. The number of nitrogens with zero attached hydrogens (tertiary/aromatic N) is 1. The Morgan fingerprint density at radius 3 is 1.53 bits per heavy atom. The highest BCUT2D eigenvalue weighted by Gasteiger charge is 2.27. The summed E-state index contributed by atoms with van der Waals surface area (Å²) in [6.45, 7) is -0.750. The summed E-state index contributed by atoms with van der Waals surface area (Å²) in [5, 5.41) is 44.5. The molecule has 0 aliphatic heterocycles.